The van der Waals surface area contributed by atoms with Gasteiger partial charge in [-0.2, -0.15) is 4.31 Å². The van der Waals surface area contributed by atoms with Crippen LogP contribution in [-0.4, -0.2) is 38.9 Å². The Balaban J connectivity index is 2.41. The standard InChI is InChI=1S/C12H16F2N2O2S/c1-8-5-12(11(14)6-10(8)13)19(17,18)16(2)9-3-4-15-7-9/h5-6,9,15H,3-4,7H2,1-2H3. The van der Waals surface area contributed by atoms with Crippen LogP contribution in [-0.2, 0) is 10.0 Å². The van der Waals surface area contributed by atoms with Crippen molar-refractivity contribution in [2.75, 3.05) is 20.1 Å². The maximum atomic E-state index is 13.7. The number of hydrogen-bond acceptors (Lipinski definition) is 3. The molecule has 1 aliphatic heterocycles. The highest BCUT2D eigenvalue weighted by Crippen LogP contribution is 2.24. The van der Waals surface area contributed by atoms with Crippen molar-refractivity contribution in [3.8, 4) is 0 Å². The molecule has 1 N–H and O–H groups in total. The van der Waals surface area contributed by atoms with E-state index in [1.807, 2.05) is 0 Å². The van der Waals surface area contributed by atoms with Crippen molar-refractivity contribution in [3.05, 3.63) is 29.3 Å². The molecule has 2 rings (SSSR count). The van der Waals surface area contributed by atoms with Gasteiger partial charge >= 0.3 is 0 Å². The van der Waals surface area contributed by atoms with Crippen LogP contribution in [0.4, 0.5) is 8.78 Å². The molecule has 1 aromatic carbocycles. The molecule has 1 heterocycles. The average Bonchev–Trinajstić information content (AvgIpc) is 2.86. The van der Waals surface area contributed by atoms with Crippen molar-refractivity contribution < 1.29 is 17.2 Å². The van der Waals surface area contributed by atoms with Gasteiger partial charge in [0.2, 0.25) is 10.0 Å². The first-order valence-electron chi connectivity index (χ1n) is 5.98. The molecule has 106 valence electrons. The summed E-state index contributed by atoms with van der Waals surface area (Å²) in [5, 5.41) is 3.05. The smallest absolute Gasteiger partial charge is 0.246 e. The summed E-state index contributed by atoms with van der Waals surface area (Å²) in [7, 11) is -2.52. The topological polar surface area (TPSA) is 49.4 Å². The van der Waals surface area contributed by atoms with E-state index in [1.54, 1.807) is 0 Å². The van der Waals surface area contributed by atoms with E-state index >= 15 is 0 Å². The molecule has 0 saturated carbocycles. The van der Waals surface area contributed by atoms with Gasteiger partial charge in [0.05, 0.1) is 0 Å². The van der Waals surface area contributed by atoms with Gasteiger partial charge in [-0.25, -0.2) is 17.2 Å². The predicted octanol–water partition coefficient (Wildman–Crippen LogP) is 1.26. The number of halogens is 2. The van der Waals surface area contributed by atoms with E-state index in [0.717, 1.165) is 16.9 Å². The zero-order valence-corrected chi connectivity index (χ0v) is 11.6. The largest absolute Gasteiger partial charge is 0.315 e. The molecular formula is C12H16F2N2O2S. The van der Waals surface area contributed by atoms with Gasteiger partial charge in [0.15, 0.2) is 0 Å². The van der Waals surface area contributed by atoms with Gasteiger partial charge in [-0.15, -0.1) is 0 Å². The number of rotatable bonds is 3. The van der Waals surface area contributed by atoms with Gasteiger partial charge in [0.25, 0.3) is 0 Å². The van der Waals surface area contributed by atoms with Gasteiger partial charge in [0.1, 0.15) is 16.5 Å². The molecule has 1 saturated heterocycles. The number of nitrogens with zero attached hydrogens (tertiary/aromatic N) is 1. The van der Waals surface area contributed by atoms with Crippen molar-refractivity contribution in [1.29, 1.82) is 0 Å². The summed E-state index contributed by atoms with van der Waals surface area (Å²) >= 11 is 0. The van der Waals surface area contributed by atoms with Crippen molar-refractivity contribution in [2.24, 2.45) is 0 Å². The molecule has 0 radical (unpaired) electrons. The second kappa shape index (κ2) is 5.15. The van der Waals surface area contributed by atoms with Crippen LogP contribution < -0.4 is 5.32 Å². The molecule has 0 aliphatic carbocycles. The molecule has 1 aliphatic rings. The lowest BCUT2D eigenvalue weighted by molar-refractivity contribution is 0.384. The molecule has 19 heavy (non-hydrogen) atoms. The molecule has 4 nitrogen and oxygen atoms in total. The summed E-state index contributed by atoms with van der Waals surface area (Å²) in [5.74, 6) is -1.80. The first-order chi connectivity index (χ1) is 8.84. The summed E-state index contributed by atoms with van der Waals surface area (Å²) in [5.41, 5.74) is 0.109. The maximum absolute atomic E-state index is 13.7. The zero-order valence-electron chi connectivity index (χ0n) is 10.8. The Labute approximate surface area is 111 Å². The number of benzene rings is 1. The third-order valence-electron chi connectivity index (χ3n) is 3.42. The number of hydrogen-bond donors (Lipinski definition) is 1. The van der Waals surface area contributed by atoms with Crippen LogP contribution in [0.25, 0.3) is 0 Å². The highest BCUT2D eigenvalue weighted by Gasteiger charge is 2.32. The fourth-order valence-corrected chi connectivity index (χ4v) is 3.64. The first-order valence-corrected chi connectivity index (χ1v) is 7.42. The Morgan fingerprint density at radius 1 is 1.32 bits per heavy atom. The first kappa shape index (κ1) is 14.4. The summed E-state index contributed by atoms with van der Waals surface area (Å²) in [6.07, 6.45) is 0.678. The molecule has 0 amide bonds. The Kier molecular flexibility index (Phi) is 3.89. The predicted molar refractivity (Wildman–Crippen MR) is 67.3 cm³/mol. The van der Waals surface area contributed by atoms with E-state index < -0.39 is 26.6 Å². The van der Waals surface area contributed by atoms with E-state index in [1.165, 1.54) is 14.0 Å². The molecule has 1 unspecified atom stereocenters. The van der Waals surface area contributed by atoms with Crippen LogP contribution in [0, 0.1) is 18.6 Å². The number of nitrogens with one attached hydrogen (secondary N) is 1. The molecule has 1 atom stereocenters. The summed E-state index contributed by atoms with van der Waals surface area (Å²) in [6, 6.07) is 1.46. The molecule has 1 fully saturated rings. The highest BCUT2D eigenvalue weighted by molar-refractivity contribution is 7.89. The second-order valence-electron chi connectivity index (χ2n) is 4.70. The Morgan fingerprint density at radius 2 is 2.00 bits per heavy atom. The quantitative estimate of drug-likeness (QED) is 0.911. The van der Waals surface area contributed by atoms with E-state index in [-0.39, 0.29) is 11.6 Å². The molecule has 0 bridgehead atoms. The molecule has 1 aromatic rings. The average molecular weight is 290 g/mol. The highest BCUT2D eigenvalue weighted by atomic mass is 32.2. The number of sulfonamides is 1. The third-order valence-corrected chi connectivity index (χ3v) is 5.34. The van der Waals surface area contributed by atoms with E-state index in [0.29, 0.717) is 19.0 Å². The number of likely N-dealkylation sites (N-methyl/N-ethyl adjacent to an activating group) is 1. The minimum absolute atomic E-state index is 0.109. The Morgan fingerprint density at radius 3 is 2.58 bits per heavy atom. The molecular weight excluding hydrogens is 274 g/mol. The number of aryl methyl sites for hydroxylation is 1. The van der Waals surface area contributed by atoms with Crippen LogP contribution in [0.5, 0.6) is 0 Å². The Bertz CT molecular complexity index is 584. The normalized spacial score (nSPS) is 20.2. The minimum atomic E-state index is -3.94. The molecule has 0 aromatic heterocycles. The fraction of sp³-hybridized carbons (Fsp3) is 0.500. The van der Waals surface area contributed by atoms with Crippen molar-refractivity contribution in [2.45, 2.75) is 24.3 Å². The van der Waals surface area contributed by atoms with Gasteiger partial charge in [-0.1, -0.05) is 0 Å². The van der Waals surface area contributed by atoms with Crippen LogP contribution in [0.3, 0.4) is 0 Å². The van der Waals surface area contributed by atoms with E-state index in [9.17, 15) is 17.2 Å². The molecule has 0 spiro atoms. The van der Waals surface area contributed by atoms with Crippen LogP contribution in [0.2, 0.25) is 0 Å². The van der Waals surface area contributed by atoms with Gasteiger partial charge < -0.3 is 5.32 Å². The van der Waals surface area contributed by atoms with E-state index in [2.05, 4.69) is 5.32 Å². The summed E-state index contributed by atoms with van der Waals surface area (Å²) < 4.78 is 52.7. The monoisotopic (exact) mass is 290 g/mol. The lowest BCUT2D eigenvalue weighted by Gasteiger charge is -2.23. The fourth-order valence-electron chi connectivity index (χ4n) is 2.13. The van der Waals surface area contributed by atoms with Crippen LogP contribution in [0.1, 0.15) is 12.0 Å². The van der Waals surface area contributed by atoms with Crippen molar-refractivity contribution in [1.82, 2.24) is 9.62 Å². The van der Waals surface area contributed by atoms with Gasteiger partial charge in [-0.05, 0) is 31.5 Å². The molecule has 7 heteroatoms. The van der Waals surface area contributed by atoms with Gasteiger partial charge in [0, 0.05) is 25.7 Å². The third kappa shape index (κ3) is 2.63. The summed E-state index contributed by atoms with van der Waals surface area (Å²) in [6.45, 7) is 2.68. The van der Waals surface area contributed by atoms with Crippen LogP contribution >= 0.6 is 0 Å². The maximum Gasteiger partial charge on any atom is 0.246 e. The van der Waals surface area contributed by atoms with Crippen molar-refractivity contribution in [3.63, 3.8) is 0 Å². The van der Waals surface area contributed by atoms with Gasteiger partial charge in [-0.3, -0.25) is 0 Å². The van der Waals surface area contributed by atoms with E-state index in [4.69, 9.17) is 0 Å². The van der Waals surface area contributed by atoms with Crippen molar-refractivity contribution >= 4 is 10.0 Å². The lowest BCUT2D eigenvalue weighted by Crippen LogP contribution is -2.38. The summed E-state index contributed by atoms with van der Waals surface area (Å²) in [4.78, 5) is -0.471. The Hall–Kier alpha value is -1.05. The second-order valence-corrected chi connectivity index (χ2v) is 6.67. The minimum Gasteiger partial charge on any atom is -0.315 e. The lowest BCUT2D eigenvalue weighted by atomic mass is 10.2. The van der Waals surface area contributed by atoms with Crippen LogP contribution in [0.15, 0.2) is 17.0 Å². The zero-order chi connectivity index (χ0) is 14.2. The SMILES string of the molecule is Cc1cc(S(=O)(=O)N(C)C2CCNC2)c(F)cc1F.